The number of nitrogens with one attached hydrogen (secondary N) is 1. The number of rotatable bonds is 3. The zero-order valence-electron chi connectivity index (χ0n) is 14.0. The Morgan fingerprint density at radius 2 is 1.88 bits per heavy atom. The number of likely N-dealkylation sites (tertiary alicyclic amines) is 1. The van der Waals surface area contributed by atoms with Crippen molar-refractivity contribution in [1.29, 1.82) is 0 Å². The number of H-pyrrole nitrogens is 1. The normalized spacial score (nSPS) is 18.3. The highest BCUT2D eigenvalue weighted by atomic mass is 15.2. The Labute approximate surface area is 146 Å². The smallest absolute Gasteiger partial charge is 0.111 e. The molecule has 0 radical (unpaired) electrons. The van der Waals surface area contributed by atoms with E-state index in [0.29, 0.717) is 5.92 Å². The Kier molecular flexibility index (Phi) is 3.49. The van der Waals surface area contributed by atoms with Crippen molar-refractivity contribution < 1.29 is 0 Å². The molecule has 1 fully saturated rings. The highest BCUT2D eigenvalue weighted by molar-refractivity contribution is 5.78. The molecule has 0 unspecified atom stereocenters. The molecule has 1 saturated heterocycles. The lowest BCUT2D eigenvalue weighted by Gasteiger charge is -2.15. The zero-order valence-corrected chi connectivity index (χ0v) is 14.0. The highest BCUT2D eigenvalue weighted by Crippen LogP contribution is 2.28. The molecule has 0 amide bonds. The van der Waals surface area contributed by atoms with Gasteiger partial charge in [-0.3, -0.25) is 9.88 Å². The summed E-state index contributed by atoms with van der Waals surface area (Å²) in [5.41, 5.74) is 4.54. The number of para-hydroxylation sites is 3. The first-order chi connectivity index (χ1) is 12.3. The number of pyridine rings is 1. The maximum atomic E-state index is 4.78. The Morgan fingerprint density at radius 3 is 2.80 bits per heavy atom. The van der Waals surface area contributed by atoms with Crippen LogP contribution in [0.15, 0.2) is 60.8 Å². The number of hydrogen-bond acceptors (Lipinski definition) is 3. The van der Waals surface area contributed by atoms with Gasteiger partial charge in [0.25, 0.3) is 0 Å². The van der Waals surface area contributed by atoms with Crippen molar-refractivity contribution in [3.05, 3.63) is 72.2 Å². The monoisotopic (exact) mass is 328 g/mol. The summed E-state index contributed by atoms with van der Waals surface area (Å²) in [7, 11) is 0. The predicted molar refractivity (Wildman–Crippen MR) is 100 cm³/mol. The quantitative estimate of drug-likeness (QED) is 0.616. The van der Waals surface area contributed by atoms with E-state index in [-0.39, 0.29) is 0 Å². The molecule has 124 valence electrons. The predicted octanol–water partition coefficient (Wildman–Crippen LogP) is 4.10. The number of fused-ring (bicyclic) bond motifs is 2. The number of aromatic nitrogens is 3. The molecule has 4 aromatic rings. The largest absolute Gasteiger partial charge is 0.342 e. The highest BCUT2D eigenvalue weighted by Gasteiger charge is 2.26. The van der Waals surface area contributed by atoms with E-state index in [1.165, 1.54) is 10.9 Å². The minimum Gasteiger partial charge on any atom is -0.342 e. The van der Waals surface area contributed by atoms with Gasteiger partial charge in [-0.05, 0) is 42.8 Å². The van der Waals surface area contributed by atoms with Crippen molar-refractivity contribution >= 4 is 21.9 Å². The van der Waals surface area contributed by atoms with Gasteiger partial charge in [-0.1, -0.05) is 30.3 Å². The first-order valence-corrected chi connectivity index (χ1v) is 8.86. The number of aromatic amines is 1. The summed E-state index contributed by atoms with van der Waals surface area (Å²) >= 11 is 0. The Balaban J connectivity index is 1.32. The minimum absolute atomic E-state index is 0.487. The fourth-order valence-corrected chi connectivity index (χ4v) is 3.83. The number of benzene rings is 2. The molecule has 1 N–H and O–H groups in total. The maximum absolute atomic E-state index is 4.78. The molecule has 1 atom stereocenters. The standard InChI is InChI=1S/C21H20N4/c1-2-6-18-16(5-1)11-15(12-22-18)13-25-10-9-17(14-25)21-23-19-7-3-4-8-20(19)24-21/h1-8,11-12,17H,9-10,13-14H2,(H,23,24)/t17-/m0/s1. The van der Waals surface area contributed by atoms with Crippen LogP contribution in [-0.4, -0.2) is 32.9 Å². The summed E-state index contributed by atoms with van der Waals surface area (Å²) in [4.78, 5) is 15.4. The van der Waals surface area contributed by atoms with Crippen molar-refractivity contribution in [2.75, 3.05) is 13.1 Å². The molecule has 1 aliphatic heterocycles. The molecule has 2 aromatic heterocycles. The van der Waals surface area contributed by atoms with Gasteiger partial charge in [-0.15, -0.1) is 0 Å². The summed E-state index contributed by atoms with van der Waals surface area (Å²) in [5, 5.41) is 1.22. The van der Waals surface area contributed by atoms with Crippen molar-refractivity contribution in [1.82, 2.24) is 19.9 Å². The van der Waals surface area contributed by atoms with Crippen molar-refractivity contribution in [2.45, 2.75) is 18.9 Å². The van der Waals surface area contributed by atoms with Crippen LogP contribution in [0.5, 0.6) is 0 Å². The van der Waals surface area contributed by atoms with Crippen LogP contribution in [0.2, 0.25) is 0 Å². The average Bonchev–Trinajstić information content (AvgIpc) is 3.28. The fourth-order valence-electron chi connectivity index (χ4n) is 3.83. The van der Waals surface area contributed by atoms with Crippen LogP contribution >= 0.6 is 0 Å². The molecule has 0 bridgehead atoms. The maximum Gasteiger partial charge on any atom is 0.111 e. The molecule has 0 aliphatic carbocycles. The zero-order chi connectivity index (χ0) is 16.6. The lowest BCUT2D eigenvalue weighted by molar-refractivity contribution is 0.325. The Morgan fingerprint density at radius 1 is 1.04 bits per heavy atom. The summed E-state index contributed by atoms with van der Waals surface area (Å²) in [5.74, 6) is 1.61. The number of hydrogen-bond donors (Lipinski definition) is 1. The van der Waals surface area contributed by atoms with Crippen LogP contribution in [0, 0.1) is 0 Å². The van der Waals surface area contributed by atoms with Gasteiger partial charge in [0, 0.05) is 30.6 Å². The minimum atomic E-state index is 0.487. The van der Waals surface area contributed by atoms with Gasteiger partial charge in [0.15, 0.2) is 0 Å². The van der Waals surface area contributed by atoms with Crippen molar-refractivity contribution in [2.24, 2.45) is 0 Å². The van der Waals surface area contributed by atoms with Crippen LogP contribution in [0.3, 0.4) is 0 Å². The van der Waals surface area contributed by atoms with Crippen LogP contribution in [0.25, 0.3) is 21.9 Å². The van der Waals surface area contributed by atoms with E-state index in [1.807, 2.05) is 18.3 Å². The summed E-state index contributed by atoms with van der Waals surface area (Å²) in [6, 6.07) is 18.8. The topological polar surface area (TPSA) is 44.8 Å². The van der Waals surface area contributed by atoms with Gasteiger partial charge in [-0.25, -0.2) is 4.98 Å². The molecule has 1 aliphatic rings. The summed E-state index contributed by atoms with van der Waals surface area (Å²) in [6.45, 7) is 3.11. The third-order valence-corrected chi connectivity index (χ3v) is 5.12. The Bertz CT molecular complexity index is 1000. The van der Waals surface area contributed by atoms with Gasteiger partial charge in [0.2, 0.25) is 0 Å². The third kappa shape index (κ3) is 2.79. The first kappa shape index (κ1) is 14.6. The van der Waals surface area contributed by atoms with Gasteiger partial charge in [0.1, 0.15) is 5.82 Å². The Hall–Kier alpha value is -2.72. The lowest BCUT2D eigenvalue weighted by atomic mass is 10.1. The van der Waals surface area contributed by atoms with E-state index in [1.54, 1.807) is 0 Å². The molecule has 0 spiro atoms. The average molecular weight is 328 g/mol. The van der Waals surface area contributed by atoms with Crippen molar-refractivity contribution in [3.63, 3.8) is 0 Å². The van der Waals surface area contributed by atoms with Gasteiger partial charge in [0.05, 0.1) is 16.6 Å². The van der Waals surface area contributed by atoms with Gasteiger partial charge < -0.3 is 4.98 Å². The molecule has 3 heterocycles. The summed E-state index contributed by atoms with van der Waals surface area (Å²) in [6.07, 6.45) is 3.16. The molecule has 25 heavy (non-hydrogen) atoms. The van der Waals surface area contributed by atoms with Crippen LogP contribution in [0.1, 0.15) is 23.7 Å². The second-order valence-corrected chi connectivity index (χ2v) is 6.90. The molecule has 4 nitrogen and oxygen atoms in total. The molecule has 2 aromatic carbocycles. The van der Waals surface area contributed by atoms with E-state index in [0.717, 1.165) is 48.4 Å². The van der Waals surface area contributed by atoms with Crippen molar-refractivity contribution in [3.8, 4) is 0 Å². The second-order valence-electron chi connectivity index (χ2n) is 6.90. The number of nitrogens with zero attached hydrogens (tertiary/aromatic N) is 3. The van der Waals surface area contributed by atoms with E-state index in [2.05, 4.69) is 57.3 Å². The second kappa shape index (κ2) is 5.97. The molecular formula is C21H20N4. The van der Waals surface area contributed by atoms with Crippen LogP contribution in [0.4, 0.5) is 0 Å². The fraction of sp³-hybridized carbons (Fsp3) is 0.238. The molecule has 0 saturated carbocycles. The summed E-state index contributed by atoms with van der Waals surface area (Å²) < 4.78 is 0. The van der Waals surface area contributed by atoms with Crippen LogP contribution < -0.4 is 0 Å². The SMILES string of the molecule is c1ccc2ncc(CN3CC[C@H](c4nc5ccccc5[nH]4)C3)cc2c1. The third-order valence-electron chi connectivity index (χ3n) is 5.12. The van der Waals surface area contributed by atoms with E-state index in [9.17, 15) is 0 Å². The number of imidazole rings is 1. The molecule has 4 heteroatoms. The van der Waals surface area contributed by atoms with Gasteiger partial charge in [-0.2, -0.15) is 0 Å². The first-order valence-electron chi connectivity index (χ1n) is 8.86. The van der Waals surface area contributed by atoms with Gasteiger partial charge >= 0.3 is 0 Å². The molecule has 5 rings (SSSR count). The lowest BCUT2D eigenvalue weighted by Crippen LogP contribution is -2.20. The van der Waals surface area contributed by atoms with E-state index < -0.39 is 0 Å². The van der Waals surface area contributed by atoms with Crippen LogP contribution in [-0.2, 0) is 6.54 Å². The van der Waals surface area contributed by atoms with E-state index in [4.69, 9.17) is 4.98 Å². The molecular weight excluding hydrogens is 308 g/mol. The van der Waals surface area contributed by atoms with E-state index >= 15 is 0 Å².